The number of hydrogen-bond acceptors (Lipinski definition) is 3. The molecule has 1 aromatic carbocycles. The third-order valence-corrected chi connectivity index (χ3v) is 6.50. The Kier molecular flexibility index (Phi) is 5.04. The number of carbonyl (C=O) groups excluding carboxylic acids is 3. The van der Waals surface area contributed by atoms with Crippen LogP contribution in [0.1, 0.15) is 72.0 Å². The number of hydrogen-bond donors (Lipinski definition) is 1. The number of aryl methyl sites for hydroxylation is 2. The highest BCUT2D eigenvalue weighted by atomic mass is 16.2. The average Bonchev–Trinajstić information content (AvgIpc) is 3.04. The van der Waals surface area contributed by atoms with E-state index in [4.69, 9.17) is 0 Å². The molecule has 1 fully saturated rings. The number of amides is 3. The minimum absolute atomic E-state index is 0.211. The molecule has 6 nitrogen and oxygen atoms in total. The van der Waals surface area contributed by atoms with E-state index >= 15 is 0 Å². The topological polar surface area (TPSA) is 71.4 Å². The van der Waals surface area contributed by atoms with E-state index in [1.165, 1.54) is 0 Å². The average molecular weight is 408 g/mol. The fraction of sp³-hybridized carbons (Fsp3) is 0.458. The van der Waals surface area contributed by atoms with E-state index in [9.17, 15) is 14.4 Å². The molecule has 0 radical (unpaired) electrons. The number of benzene rings is 1. The Morgan fingerprint density at radius 3 is 2.60 bits per heavy atom. The van der Waals surface area contributed by atoms with Crippen LogP contribution in [0.2, 0.25) is 0 Å². The van der Waals surface area contributed by atoms with Crippen molar-refractivity contribution in [2.75, 3.05) is 6.54 Å². The smallest absolute Gasteiger partial charge is 0.325 e. The molecular formula is C24H29N3O3. The van der Waals surface area contributed by atoms with E-state index in [1.807, 2.05) is 44.2 Å². The lowest BCUT2D eigenvalue weighted by atomic mass is 9.84. The lowest BCUT2D eigenvalue weighted by Gasteiger charge is -2.27. The van der Waals surface area contributed by atoms with Gasteiger partial charge in [0, 0.05) is 23.0 Å². The van der Waals surface area contributed by atoms with Gasteiger partial charge < -0.3 is 9.88 Å². The summed E-state index contributed by atoms with van der Waals surface area (Å²) in [5.41, 5.74) is 3.35. The SMILES string of the molecule is Cc1cc(C(=O)CN2C(=O)NC3(CCCCc4ccccc43)C2=O)c(C)n1C(C)C. The number of Topliss-reactive ketones (excluding diaryl/α,β-unsaturated/α-hetero) is 1. The number of ketones is 1. The van der Waals surface area contributed by atoms with Crippen molar-refractivity contribution in [1.29, 1.82) is 0 Å². The summed E-state index contributed by atoms with van der Waals surface area (Å²) in [6, 6.07) is 9.42. The van der Waals surface area contributed by atoms with Gasteiger partial charge in [0.1, 0.15) is 5.54 Å². The fourth-order valence-electron chi connectivity index (χ4n) is 5.20. The summed E-state index contributed by atoms with van der Waals surface area (Å²) in [6.45, 7) is 7.78. The number of nitrogens with zero attached hydrogens (tertiary/aromatic N) is 2. The molecule has 0 saturated carbocycles. The minimum Gasteiger partial charge on any atom is -0.346 e. The summed E-state index contributed by atoms with van der Waals surface area (Å²) < 4.78 is 2.10. The first-order valence-corrected chi connectivity index (χ1v) is 10.7. The van der Waals surface area contributed by atoms with Crippen LogP contribution in [0.4, 0.5) is 4.79 Å². The Hall–Kier alpha value is -2.89. The van der Waals surface area contributed by atoms with Crippen LogP contribution in [0.25, 0.3) is 0 Å². The zero-order valence-corrected chi connectivity index (χ0v) is 18.1. The highest BCUT2D eigenvalue weighted by molar-refractivity contribution is 6.11. The molecule has 0 bridgehead atoms. The van der Waals surface area contributed by atoms with Gasteiger partial charge in [-0.25, -0.2) is 4.79 Å². The molecule has 1 aliphatic carbocycles. The standard InChI is InChI=1S/C24H29N3O3/c1-15(2)27-16(3)13-19(17(27)4)21(28)14-26-22(29)24(25-23(26)30)12-8-7-10-18-9-5-6-11-20(18)24/h5-6,9,11,13,15H,7-8,10,12,14H2,1-4H3,(H,25,30). The maximum atomic E-state index is 13.5. The van der Waals surface area contributed by atoms with E-state index in [1.54, 1.807) is 0 Å². The number of aromatic nitrogens is 1. The molecule has 1 saturated heterocycles. The number of nitrogens with one attached hydrogen (secondary N) is 1. The number of carbonyl (C=O) groups is 3. The molecule has 2 aromatic rings. The Labute approximate surface area is 177 Å². The van der Waals surface area contributed by atoms with Gasteiger partial charge in [-0.15, -0.1) is 0 Å². The molecule has 4 rings (SSSR count). The molecule has 1 spiro atoms. The van der Waals surface area contributed by atoms with Crippen LogP contribution in [0, 0.1) is 13.8 Å². The van der Waals surface area contributed by atoms with Crippen LogP contribution in [0.3, 0.4) is 0 Å². The second-order valence-corrected chi connectivity index (χ2v) is 8.76. The summed E-state index contributed by atoms with van der Waals surface area (Å²) >= 11 is 0. The number of rotatable bonds is 4. The first-order valence-electron chi connectivity index (χ1n) is 10.7. The van der Waals surface area contributed by atoms with E-state index in [2.05, 4.69) is 23.7 Å². The van der Waals surface area contributed by atoms with Crippen molar-refractivity contribution in [2.24, 2.45) is 0 Å². The molecule has 2 heterocycles. The molecule has 158 valence electrons. The maximum absolute atomic E-state index is 13.5. The molecule has 1 atom stereocenters. The summed E-state index contributed by atoms with van der Waals surface area (Å²) in [4.78, 5) is 40.6. The van der Waals surface area contributed by atoms with Gasteiger partial charge >= 0.3 is 6.03 Å². The minimum atomic E-state index is -1.06. The van der Waals surface area contributed by atoms with Crippen molar-refractivity contribution in [3.63, 3.8) is 0 Å². The predicted molar refractivity (Wildman–Crippen MR) is 115 cm³/mol. The van der Waals surface area contributed by atoms with Gasteiger partial charge in [0.25, 0.3) is 5.91 Å². The maximum Gasteiger partial charge on any atom is 0.325 e. The summed E-state index contributed by atoms with van der Waals surface area (Å²) in [5, 5.41) is 2.95. The second-order valence-electron chi connectivity index (χ2n) is 8.76. The van der Waals surface area contributed by atoms with Gasteiger partial charge in [-0.05, 0) is 70.6 Å². The van der Waals surface area contributed by atoms with Crippen molar-refractivity contribution in [3.8, 4) is 0 Å². The Morgan fingerprint density at radius 2 is 1.90 bits per heavy atom. The van der Waals surface area contributed by atoms with Crippen molar-refractivity contribution in [2.45, 2.75) is 65.0 Å². The first kappa shape index (κ1) is 20.4. The number of fused-ring (bicyclic) bond motifs is 2. The number of imide groups is 1. The Morgan fingerprint density at radius 1 is 1.17 bits per heavy atom. The molecule has 1 N–H and O–H groups in total. The number of urea groups is 1. The van der Waals surface area contributed by atoms with Crippen LogP contribution in [0.15, 0.2) is 30.3 Å². The quantitative estimate of drug-likeness (QED) is 0.614. The molecule has 2 aliphatic rings. The fourth-order valence-corrected chi connectivity index (χ4v) is 5.20. The molecule has 6 heteroatoms. The molecule has 30 heavy (non-hydrogen) atoms. The highest BCUT2D eigenvalue weighted by Crippen LogP contribution is 2.39. The van der Waals surface area contributed by atoms with Crippen LogP contribution in [-0.4, -0.2) is 33.7 Å². The van der Waals surface area contributed by atoms with Gasteiger partial charge in [0.05, 0.1) is 6.54 Å². The highest BCUT2D eigenvalue weighted by Gasteiger charge is 2.53. The van der Waals surface area contributed by atoms with Gasteiger partial charge in [-0.3, -0.25) is 14.5 Å². The summed E-state index contributed by atoms with van der Waals surface area (Å²) in [7, 11) is 0. The zero-order valence-electron chi connectivity index (χ0n) is 18.1. The largest absolute Gasteiger partial charge is 0.346 e. The van der Waals surface area contributed by atoms with Gasteiger partial charge in [0.2, 0.25) is 0 Å². The predicted octanol–water partition coefficient (Wildman–Crippen LogP) is 4.04. The molecule has 1 aromatic heterocycles. The van der Waals surface area contributed by atoms with E-state index in [0.717, 1.165) is 46.7 Å². The Bertz CT molecular complexity index is 1040. The molecule has 3 amide bonds. The van der Waals surface area contributed by atoms with Crippen molar-refractivity contribution < 1.29 is 14.4 Å². The lowest BCUT2D eigenvalue weighted by Crippen LogP contribution is -2.44. The lowest BCUT2D eigenvalue weighted by molar-refractivity contribution is -0.131. The van der Waals surface area contributed by atoms with Crippen molar-refractivity contribution in [3.05, 3.63) is 58.4 Å². The van der Waals surface area contributed by atoms with Gasteiger partial charge in [-0.2, -0.15) is 0 Å². The van der Waals surface area contributed by atoms with Crippen molar-refractivity contribution in [1.82, 2.24) is 14.8 Å². The van der Waals surface area contributed by atoms with E-state index in [0.29, 0.717) is 12.0 Å². The van der Waals surface area contributed by atoms with Gasteiger partial charge in [-0.1, -0.05) is 24.3 Å². The van der Waals surface area contributed by atoms with Crippen LogP contribution < -0.4 is 5.32 Å². The normalized spacial score (nSPS) is 21.2. The van der Waals surface area contributed by atoms with E-state index < -0.39 is 11.6 Å². The van der Waals surface area contributed by atoms with Crippen LogP contribution in [0.5, 0.6) is 0 Å². The third kappa shape index (κ3) is 3.06. The molecule has 1 aliphatic heterocycles. The van der Waals surface area contributed by atoms with Crippen LogP contribution >= 0.6 is 0 Å². The second kappa shape index (κ2) is 7.42. The zero-order chi connectivity index (χ0) is 21.6. The third-order valence-electron chi connectivity index (χ3n) is 6.50. The van der Waals surface area contributed by atoms with Gasteiger partial charge in [0.15, 0.2) is 5.78 Å². The van der Waals surface area contributed by atoms with Crippen molar-refractivity contribution >= 4 is 17.7 Å². The van der Waals surface area contributed by atoms with Crippen LogP contribution in [-0.2, 0) is 16.8 Å². The molecule has 1 unspecified atom stereocenters. The summed E-state index contributed by atoms with van der Waals surface area (Å²) in [6.07, 6.45) is 3.27. The Balaban J connectivity index is 1.65. The first-order chi connectivity index (χ1) is 14.3. The molecular weight excluding hydrogens is 378 g/mol. The monoisotopic (exact) mass is 407 g/mol. The van der Waals surface area contributed by atoms with E-state index in [-0.39, 0.29) is 24.3 Å². The summed E-state index contributed by atoms with van der Waals surface area (Å²) in [5.74, 6) is -0.523.